The summed E-state index contributed by atoms with van der Waals surface area (Å²) < 4.78 is 15.6. The van der Waals surface area contributed by atoms with E-state index in [0.717, 1.165) is 22.3 Å². The Labute approximate surface area is 113 Å². The van der Waals surface area contributed by atoms with Crippen LogP contribution in [0.2, 0.25) is 0 Å². The molecule has 0 aliphatic carbocycles. The number of benzene rings is 1. The number of hydrogen-bond acceptors (Lipinski definition) is 3. The molecule has 0 bridgehead atoms. The van der Waals surface area contributed by atoms with Crippen LogP contribution in [-0.4, -0.2) is 21.5 Å². The van der Waals surface area contributed by atoms with E-state index in [-0.39, 0.29) is 11.9 Å². The van der Waals surface area contributed by atoms with Crippen LogP contribution in [0.25, 0.3) is 0 Å². The molecule has 0 saturated carbocycles. The molecule has 0 amide bonds. The number of halogens is 2. The topological polar surface area (TPSA) is 42.7 Å². The smallest absolute Gasteiger partial charge is 0.124 e. The van der Waals surface area contributed by atoms with Gasteiger partial charge in [-0.15, -0.1) is 5.10 Å². The molecule has 6 heteroatoms. The molecule has 1 atom stereocenters. The SMILES string of the molecule is CCNC(c1ccc(F)cc1Br)c1cnnn1C. The standard InChI is InChI=1S/C12H14BrFN4/c1-3-15-12(11-7-16-17-18(11)2)9-5-4-8(14)6-10(9)13/h4-7,12,15H,3H2,1-2H3. The van der Waals surface area contributed by atoms with Gasteiger partial charge in [0.05, 0.1) is 17.9 Å². The second kappa shape index (κ2) is 5.58. The minimum absolute atomic E-state index is 0.0648. The highest BCUT2D eigenvalue weighted by Gasteiger charge is 2.19. The molecular formula is C12H14BrFN4. The molecule has 1 N–H and O–H groups in total. The summed E-state index contributed by atoms with van der Waals surface area (Å²) in [5.74, 6) is -0.260. The summed E-state index contributed by atoms with van der Waals surface area (Å²) in [5, 5.41) is 11.2. The highest BCUT2D eigenvalue weighted by atomic mass is 79.9. The van der Waals surface area contributed by atoms with Crippen molar-refractivity contribution in [2.24, 2.45) is 7.05 Å². The lowest BCUT2D eigenvalue weighted by atomic mass is 10.0. The van der Waals surface area contributed by atoms with Gasteiger partial charge in [-0.2, -0.15) is 0 Å². The van der Waals surface area contributed by atoms with Crippen LogP contribution in [0.15, 0.2) is 28.9 Å². The van der Waals surface area contributed by atoms with Crippen LogP contribution in [-0.2, 0) is 7.05 Å². The van der Waals surface area contributed by atoms with Gasteiger partial charge < -0.3 is 5.32 Å². The van der Waals surface area contributed by atoms with E-state index in [1.165, 1.54) is 12.1 Å². The van der Waals surface area contributed by atoms with Gasteiger partial charge in [0, 0.05) is 11.5 Å². The first-order valence-electron chi connectivity index (χ1n) is 5.66. The predicted molar refractivity (Wildman–Crippen MR) is 70.6 cm³/mol. The van der Waals surface area contributed by atoms with Crippen LogP contribution in [0.3, 0.4) is 0 Å². The van der Waals surface area contributed by atoms with Crippen molar-refractivity contribution >= 4 is 15.9 Å². The molecule has 2 aromatic rings. The van der Waals surface area contributed by atoms with E-state index in [0.29, 0.717) is 0 Å². The maximum absolute atomic E-state index is 13.1. The van der Waals surface area contributed by atoms with Gasteiger partial charge in [0.2, 0.25) is 0 Å². The summed E-state index contributed by atoms with van der Waals surface area (Å²) in [6.45, 7) is 2.81. The summed E-state index contributed by atoms with van der Waals surface area (Å²) in [5.41, 5.74) is 1.90. The predicted octanol–water partition coefficient (Wildman–Crippen LogP) is 2.42. The van der Waals surface area contributed by atoms with Crippen LogP contribution in [0, 0.1) is 5.82 Å². The zero-order valence-corrected chi connectivity index (χ0v) is 11.8. The van der Waals surface area contributed by atoms with Gasteiger partial charge in [-0.05, 0) is 24.2 Å². The molecule has 1 aromatic carbocycles. The van der Waals surface area contributed by atoms with Gasteiger partial charge in [0.1, 0.15) is 5.82 Å². The number of nitrogens with one attached hydrogen (secondary N) is 1. The van der Waals surface area contributed by atoms with E-state index in [1.54, 1.807) is 16.9 Å². The summed E-state index contributed by atoms with van der Waals surface area (Å²) in [4.78, 5) is 0. The zero-order valence-electron chi connectivity index (χ0n) is 10.2. The van der Waals surface area contributed by atoms with Gasteiger partial charge in [0.15, 0.2) is 0 Å². The van der Waals surface area contributed by atoms with Gasteiger partial charge in [-0.1, -0.05) is 34.1 Å². The Morgan fingerprint density at radius 1 is 1.50 bits per heavy atom. The molecule has 4 nitrogen and oxygen atoms in total. The third-order valence-electron chi connectivity index (χ3n) is 2.73. The number of aryl methyl sites for hydroxylation is 1. The van der Waals surface area contributed by atoms with Crippen molar-refractivity contribution in [1.29, 1.82) is 0 Å². The summed E-state index contributed by atoms with van der Waals surface area (Å²) in [7, 11) is 1.84. The fraction of sp³-hybridized carbons (Fsp3) is 0.333. The van der Waals surface area contributed by atoms with Gasteiger partial charge in [0.25, 0.3) is 0 Å². The van der Waals surface area contributed by atoms with Crippen molar-refractivity contribution in [2.75, 3.05) is 6.54 Å². The average molecular weight is 313 g/mol. The van der Waals surface area contributed by atoms with Crippen molar-refractivity contribution in [3.63, 3.8) is 0 Å². The molecule has 0 fully saturated rings. The third kappa shape index (κ3) is 2.59. The lowest BCUT2D eigenvalue weighted by Gasteiger charge is -2.19. The van der Waals surface area contributed by atoms with Crippen LogP contribution < -0.4 is 5.32 Å². The molecule has 96 valence electrons. The first kappa shape index (κ1) is 13.2. The van der Waals surface area contributed by atoms with Gasteiger partial charge in [-0.3, -0.25) is 4.68 Å². The fourth-order valence-electron chi connectivity index (χ4n) is 1.87. The molecule has 0 saturated heterocycles. The van der Waals surface area contributed by atoms with Crippen LogP contribution in [0.1, 0.15) is 24.2 Å². The van der Waals surface area contributed by atoms with E-state index in [2.05, 4.69) is 31.6 Å². The molecular weight excluding hydrogens is 299 g/mol. The van der Waals surface area contributed by atoms with Crippen molar-refractivity contribution in [1.82, 2.24) is 20.3 Å². The Bertz CT molecular complexity index is 541. The molecule has 0 aliphatic heterocycles. The second-order valence-electron chi connectivity index (χ2n) is 3.94. The first-order valence-corrected chi connectivity index (χ1v) is 6.45. The quantitative estimate of drug-likeness (QED) is 0.943. The van der Waals surface area contributed by atoms with E-state index >= 15 is 0 Å². The first-order chi connectivity index (χ1) is 8.63. The Kier molecular flexibility index (Phi) is 4.08. The molecule has 0 radical (unpaired) electrons. The molecule has 1 aromatic heterocycles. The van der Waals surface area contributed by atoms with Crippen molar-refractivity contribution < 1.29 is 4.39 Å². The summed E-state index contributed by atoms with van der Waals surface area (Å²) in [6, 6.07) is 4.61. The second-order valence-corrected chi connectivity index (χ2v) is 4.79. The minimum atomic E-state index is -0.260. The van der Waals surface area contributed by atoms with Crippen LogP contribution in [0.5, 0.6) is 0 Å². The third-order valence-corrected chi connectivity index (χ3v) is 3.41. The monoisotopic (exact) mass is 312 g/mol. The Morgan fingerprint density at radius 3 is 2.83 bits per heavy atom. The summed E-state index contributed by atoms with van der Waals surface area (Å²) >= 11 is 3.40. The number of aromatic nitrogens is 3. The highest BCUT2D eigenvalue weighted by Crippen LogP contribution is 2.28. The van der Waals surface area contributed by atoms with Crippen LogP contribution >= 0.6 is 15.9 Å². The Hall–Kier alpha value is -1.27. The number of hydrogen-bond donors (Lipinski definition) is 1. The van der Waals surface area contributed by atoms with Crippen molar-refractivity contribution in [2.45, 2.75) is 13.0 Å². The molecule has 0 spiro atoms. The van der Waals surface area contributed by atoms with Gasteiger partial charge in [-0.25, -0.2) is 4.39 Å². The summed E-state index contributed by atoms with van der Waals surface area (Å²) in [6.07, 6.45) is 1.71. The van der Waals surface area contributed by atoms with Crippen LogP contribution in [0.4, 0.5) is 4.39 Å². The molecule has 1 heterocycles. The van der Waals surface area contributed by atoms with Crippen molar-refractivity contribution in [3.8, 4) is 0 Å². The number of nitrogens with zero attached hydrogens (tertiary/aromatic N) is 3. The highest BCUT2D eigenvalue weighted by molar-refractivity contribution is 9.10. The van der Waals surface area contributed by atoms with E-state index in [9.17, 15) is 4.39 Å². The molecule has 1 unspecified atom stereocenters. The lowest BCUT2D eigenvalue weighted by molar-refractivity contribution is 0.564. The van der Waals surface area contributed by atoms with Gasteiger partial charge >= 0.3 is 0 Å². The van der Waals surface area contributed by atoms with Crippen molar-refractivity contribution in [3.05, 3.63) is 45.9 Å². The maximum atomic E-state index is 13.1. The van der Waals surface area contributed by atoms with E-state index < -0.39 is 0 Å². The molecule has 0 aliphatic rings. The Morgan fingerprint density at radius 2 is 2.28 bits per heavy atom. The maximum Gasteiger partial charge on any atom is 0.124 e. The average Bonchev–Trinajstić information content (AvgIpc) is 2.73. The molecule has 18 heavy (non-hydrogen) atoms. The Balaban J connectivity index is 2.45. The fourth-order valence-corrected chi connectivity index (χ4v) is 2.45. The molecule has 2 rings (SSSR count). The minimum Gasteiger partial charge on any atom is -0.305 e. The van der Waals surface area contributed by atoms with E-state index in [1.807, 2.05) is 14.0 Å². The largest absolute Gasteiger partial charge is 0.305 e. The normalized spacial score (nSPS) is 12.7. The van der Waals surface area contributed by atoms with E-state index in [4.69, 9.17) is 0 Å². The zero-order chi connectivity index (χ0) is 13.1. The number of rotatable bonds is 4. The lowest BCUT2D eigenvalue weighted by Crippen LogP contribution is -2.24.